The molecular formula is C18H20FN5O4. The Morgan fingerprint density at radius 3 is 2.57 bits per heavy atom. The average molecular weight is 389 g/mol. The zero-order chi connectivity index (χ0) is 20.1. The molecule has 0 aliphatic carbocycles. The number of imidazole rings is 1. The lowest BCUT2D eigenvalue weighted by Crippen LogP contribution is -2.31. The summed E-state index contributed by atoms with van der Waals surface area (Å²) in [4.78, 5) is 24.7. The molecule has 3 rings (SSSR count). The highest BCUT2D eigenvalue weighted by Crippen LogP contribution is 2.25. The Hall–Kier alpha value is -2.95. The number of anilines is 1. The molecule has 3 aromatic rings. The Morgan fingerprint density at radius 2 is 1.93 bits per heavy atom. The standard InChI is InChI=1S/C18H20FN5O4/c1-11(19)18(28-13(7-25)8-26)24-10-22-14-15(20-9-21-16(14)24)23-17(27)12-5-3-2-4-6-12/h2-6,9-11,13,18,25-26H,7-8H2,1H3,(H,20,21,23,27)/t11-,18+/m0/s1. The predicted octanol–water partition coefficient (Wildman–Crippen LogP) is 1.30. The number of hydrogen-bond acceptors (Lipinski definition) is 7. The molecule has 10 heteroatoms. The van der Waals surface area contributed by atoms with Gasteiger partial charge >= 0.3 is 0 Å². The van der Waals surface area contributed by atoms with Crippen LogP contribution in [0.5, 0.6) is 0 Å². The van der Waals surface area contributed by atoms with E-state index >= 15 is 0 Å². The molecular weight excluding hydrogens is 369 g/mol. The quantitative estimate of drug-likeness (QED) is 0.531. The number of fused-ring (bicyclic) bond motifs is 1. The van der Waals surface area contributed by atoms with Gasteiger partial charge in [-0.15, -0.1) is 0 Å². The van der Waals surface area contributed by atoms with Gasteiger partial charge in [-0.2, -0.15) is 0 Å². The van der Waals surface area contributed by atoms with Crippen LogP contribution in [-0.4, -0.2) is 61.1 Å². The third kappa shape index (κ3) is 4.14. The second-order valence-electron chi connectivity index (χ2n) is 6.06. The molecule has 1 amide bonds. The number of nitrogens with one attached hydrogen (secondary N) is 1. The summed E-state index contributed by atoms with van der Waals surface area (Å²) in [6, 6.07) is 8.59. The minimum Gasteiger partial charge on any atom is -0.394 e. The Kier molecular flexibility index (Phi) is 6.24. The maximum atomic E-state index is 14.2. The zero-order valence-electron chi connectivity index (χ0n) is 15.1. The first-order valence-corrected chi connectivity index (χ1v) is 8.60. The van der Waals surface area contributed by atoms with Crippen molar-refractivity contribution < 1.29 is 24.1 Å². The third-order valence-electron chi connectivity index (χ3n) is 4.03. The van der Waals surface area contributed by atoms with E-state index in [1.54, 1.807) is 30.3 Å². The summed E-state index contributed by atoms with van der Waals surface area (Å²) in [5, 5.41) is 21.1. The van der Waals surface area contributed by atoms with Crippen molar-refractivity contribution in [1.29, 1.82) is 0 Å². The molecule has 9 nitrogen and oxygen atoms in total. The largest absolute Gasteiger partial charge is 0.394 e. The van der Waals surface area contributed by atoms with E-state index in [9.17, 15) is 19.4 Å². The lowest BCUT2D eigenvalue weighted by Gasteiger charge is -2.24. The van der Waals surface area contributed by atoms with Crippen LogP contribution in [-0.2, 0) is 4.74 Å². The highest BCUT2D eigenvalue weighted by molar-refractivity contribution is 6.06. The number of alkyl halides is 1. The number of hydrogen-bond donors (Lipinski definition) is 3. The summed E-state index contributed by atoms with van der Waals surface area (Å²) < 4.78 is 21.0. The Balaban J connectivity index is 1.92. The molecule has 0 aliphatic rings. The number of benzene rings is 1. The average Bonchev–Trinajstić information content (AvgIpc) is 3.14. The highest BCUT2D eigenvalue weighted by atomic mass is 19.1. The van der Waals surface area contributed by atoms with Gasteiger partial charge in [0.15, 0.2) is 23.2 Å². The van der Waals surface area contributed by atoms with Crippen molar-refractivity contribution in [3.05, 3.63) is 48.5 Å². The van der Waals surface area contributed by atoms with Gasteiger partial charge in [-0.25, -0.2) is 19.3 Å². The first kappa shape index (κ1) is 19.8. The Bertz CT molecular complexity index is 930. The summed E-state index contributed by atoms with van der Waals surface area (Å²) in [5.74, 6) is -0.203. The highest BCUT2D eigenvalue weighted by Gasteiger charge is 2.26. The van der Waals surface area contributed by atoms with Gasteiger partial charge in [0.2, 0.25) is 0 Å². The number of aliphatic hydroxyl groups excluding tert-OH is 2. The summed E-state index contributed by atoms with van der Waals surface area (Å²) in [7, 11) is 0. The molecule has 0 saturated carbocycles. The van der Waals surface area contributed by atoms with Crippen molar-refractivity contribution in [3.8, 4) is 0 Å². The normalized spacial score (nSPS) is 13.6. The maximum Gasteiger partial charge on any atom is 0.256 e. The number of amides is 1. The first-order chi connectivity index (χ1) is 13.5. The molecule has 2 atom stereocenters. The number of carbonyl (C=O) groups is 1. The van der Waals surface area contributed by atoms with Crippen LogP contribution in [0.4, 0.5) is 10.2 Å². The number of aliphatic hydroxyl groups is 2. The summed E-state index contributed by atoms with van der Waals surface area (Å²) in [5.41, 5.74) is 0.939. The van der Waals surface area contributed by atoms with Crippen LogP contribution >= 0.6 is 0 Å². The summed E-state index contributed by atoms with van der Waals surface area (Å²) in [6.45, 7) is 0.334. The monoisotopic (exact) mass is 389 g/mol. The van der Waals surface area contributed by atoms with E-state index in [1.807, 2.05) is 0 Å². The number of aromatic nitrogens is 4. The first-order valence-electron chi connectivity index (χ1n) is 8.60. The van der Waals surface area contributed by atoms with Crippen LogP contribution in [0, 0.1) is 0 Å². The molecule has 0 bridgehead atoms. The van der Waals surface area contributed by atoms with Crippen molar-refractivity contribution in [2.45, 2.75) is 25.4 Å². The molecule has 2 heterocycles. The van der Waals surface area contributed by atoms with Crippen molar-refractivity contribution in [1.82, 2.24) is 19.5 Å². The zero-order valence-corrected chi connectivity index (χ0v) is 15.1. The molecule has 2 aromatic heterocycles. The van der Waals surface area contributed by atoms with Gasteiger partial charge in [-0.05, 0) is 19.1 Å². The van der Waals surface area contributed by atoms with Crippen LogP contribution in [0.25, 0.3) is 11.2 Å². The lowest BCUT2D eigenvalue weighted by molar-refractivity contribution is -0.118. The topological polar surface area (TPSA) is 122 Å². The van der Waals surface area contributed by atoms with E-state index in [0.717, 1.165) is 0 Å². The van der Waals surface area contributed by atoms with Gasteiger partial charge in [0, 0.05) is 5.56 Å². The lowest BCUT2D eigenvalue weighted by atomic mass is 10.2. The van der Waals surface area contributed by atoms with Crippen LogP contribution in [0.2, 0.25) is 0 Å². The second-order valence-corrected chi connectivity index (χ2v) is 6.06. The number of rotatable bonds is 8. The second kappa shape index (κ2) is 8.83. The van der Waals surface area contributed by atoms with E-state index < -0.39 is 31.7 Å². The summed E-state index contributed by atoms with van der Waals surface area (Å²) >= 11 is 0. The Morgan fingerprint density at radius 1 is 1.21 bits per heavy atom. The maximum absolute atomic E-state index is 14.2. The van der Waals surface area contributed by atoms with Crippen LogP contribution in [0.3, 0.4) is 0 Å². The van der Waals surface area contributed by atoms with E-state index in [-0.39, 0.29) is 22.9 Å². The fourth-order valence-corrected chi connectivity index (χ4v) is 2.63. The van der Waals surface area contributed by atoms with Crippen molar-refractivity contribution in [2.75, 3.05) is 18.5 Å². The minimum atomic E-state index is -1.49. The van der Waals surface area contributed by atoms with Gasteiger partial charge in [-0.3, -0.25) is 9.36 Å². The number of ether oxygens (including phenoxy) is 1. The summed E-state index contributed by atoms with van der Waals surface area (Å²) in [6.07, 6.45) is -1.10. The molecule has 3 N–H and O–H groups in total. The number of halogens is 1. The van der Waals surface area contributed by atoms with Crippen LogP contribution in [0.15, 0.2) is 43.0 Å². The van der Waals surface area contributed by atoms with E-state index in [2.05, 4.69) is 20.3 Å². The van der Waals surface area contributed by atoms with Crippen molar-refractivity contribution in [2.24, 2.45) is 0 Å². The number of nitrogens with zero attached hydrogens (tertiary/aromatic N) is 4. The molecule has 0 fully saturated rings. The molecule has 0 unspecified atom stereocenters. The van der Waals surface area contributed by atoms with Gasteiger partial charge in [0.25, 0.3) is 5.91 Å². The fraction of sp³-hybridized carbons (Fsp3) is 0.333. The molecule has 0 saturated heterocycles. The van der Waals surface area contributed by atoms with Crippen molar-refractivity contribution >= 4 is 22.9 Å². The minimum absolute atomic E-state index is 0.170. The molecule has 28 heavy (non-hydrogen) atoms. The van der Waals surface area contributed by atoms with E-state index in [1.165, 1.54) is 24.1 Å². The van der Waals surface area contributed by atoms with Gasteiger partial charge < -0.3 is 20.3 Å². The molecule has 148 valence electrons. The predicted molar refractivity (Wildman–Crippen MR) is 98.4 cm³/mol. The number of carbonyl (C=O) groups excluding carboxylic acids is 1. The molecule has 0 aliphatic heterocycles. The Labute approximate surface area is 159 Å². The van der Waals surface area contributed by atoms with Crippen molar-refractivity contribution in [3.63, 3.8) is 0 Å². The third-order valence-corrected chi connectivity index (χ3v) is 4.03. The molecule has 1 aromatic carbocycles. The molecule has 0 spiro atoms. The smallest absolute Gasteiger partial charge is 0.256 e. The van der Waals surface area contributed by atoms with Crippen LogP contribution in [0.1, 0.15) is 23.5 Å². The van der Waals surface area contributed by atoms with Gasteiger partial charge in [0.1, 0.15) is 18.6 Å². The van der Waals surface area contributed by atoms with Gasteiger partial charge in [-0.1, -0.05) is 18.2 Å². The van der Waals surface area contributed by atoms with E-state index in [4.69, 9.17) is 4.74 Å². The fourth-order valence-electron chi connectivity index (χ4n) is 2.63. The van der Waals surface area contributed by atoms with Crippen LogP contribution < -0.4 is 5.32 Å². The van der Waals surface area contributed by atoms with Gasteiger partial charge in [0.05, 0.1) is 19.5 Å². The molecule has 0 radical (unpaired) electrons. The van der Waals surface area contributed by atoms with E-state index in [0.29, 0.717) is 5.56 Å². The SMILES string of the molecule is C[C@H](F)[C@@H](OC(CO)CO)n1cnc2c(NC(=O)c3ccccc3)ncnc21.